The van der Waals surface area contributed by atoms with Crippen molar-refractivity contribution in [3.05, 3.63) is 70.8 Å². The van der Waals surface area contributed by atoms with E-state index in [2.05, 4.69) is 52.1 Å². The molecule has 1 amide bonds. The number of hydrogen-bond acceptors (Lipinski definition) is 3. The van der Waals surface area contributed by atoms with Gasteiger partial charge in [-0.1, -0.05) is 42.0 Å². The zero-order chi connectivity index (χ0) is 21.2. The van der Waals surface area contributed by atoms with Gasteiger partial charge in [0.15, 0.2) is 5.96 Å². The van der Waals surface area contributed by atoms with E-state index in [4.69, 9.17) is 4.74 Å². The monoisotopic (exact) mass is 408 g/mol. The summed E-state index contributed by atoms with van der Waals surface area (Å²) in [5, 5.41) is 9.60. The molecular formula is C24H32N4O2. The van der Waals surface area contributed by atoms with E-state index in [1.165, 1.54) is 11.1 Å². The van der Waals surface area contributed by atoms with Crippen molar-refractivity contribution in [3.63, 3.8) is 0 Å². The van der Waals surface area contributed by atoms with Gasteiger partial charge in [0.2, 0.25) is 0 Å². The Bertz CT molecular complexity index is 843. The Morgan fingerprint density at radius 1 is 1.10 bits per heavy atom. The molecule has 0 radical (unpaired) electrons. The van der Waals surface area contributed by atoms with Crippen molar-refractivity contribution in [1.82, 2.24) is 16.0 Å². The average molecular weight is 409 g/mol. The lowest BCUT2D eigenvalue weighted by molar-refractivity contribution is 0.0857. The molecular weight excluding hydrogens is 376 g/mol. The summed E-state index contributed by atoms with van der Waals surface area (Å²) >= 11 is 0. The number of rotatable bonds is 8. The molecule has 6 heteroatoms. The van der Waals surface area contributed by atoms with Gasteiger partial charge in [0.25, 0.3) is 5.91 Å². The smallest absolute Gasteiger partial charge is 0.251 e. The summed E-state index contributed by atoms with van der Waals surface area (Å²) < 4.78 is 5.57. The maximum absolute atomic E-state index is 12.5. The van der Waals surface area contributed by atoms with Crippen molar-refractivity contribution in [2.45, 2.75) is 45.9 Å². The van der Waals surface area contributed by atoms with Gasteiger partial charge >= 0.3 is 0 Å². The SMILES string of the molecule is CCNC(=NCc1cccc(C(=O)NCC2CCCO2)c1)NCc1ccc(C)cc1. The maximum Gasteiger partial charge on any atom is 0.251 e. The highest BCUT2D eigenvalue weighted by molar-refractivity contribution is 5.94. The number of carbonyl (C=O) groups excluding carboxylic acids is 1. The van der Waals surface area contributed by atoms with Crippen molar-refractivity contribution in [1.29, 1.82) is 0 Å². The largest absolute Gasteiger partial charge is 0.376 e. The minimum atomic E-state index is -0.0688. The number of ether oxygens (including phenoxy) is 1. The molecule has 0 aromatic heterocycles. The number of guanidine groups is 1. The highest BCUT2D eigenvalue weighted by Gasteiger charge is 2.16. The van der Waals surface area contributed by atoms with Crippen molar-refractivity contribution in [2.75, 3.05) is 19.7 Å². The normalized spacial score (nSPS) is 16.3. The predicted molar refractivity (Wildman–Crippen MR) is 121 cm³/mol. The van der Waals surface area contributed by atoms with Crippen molar-refractivity contribution >= 4 is 11.9 Å². The summed E-state index contributed by atoms with van der Waals surface area (Å²) in [6.45, 7) is 7.47. The summed E-state index contributed by atoms with van der Waals surface area (Å²) in [6.07, 6.45) is 2.22. The quantitative estimate of drug-likeness (QED) is 0.463. The van der Waals surface area contributed by atoms with Crippen LogP contribution in [0.15, 0.2) is 53.5 Å². The molecule has 1 atom stereocenters. The first-order valence-corrected chi connectivity index (χ1v) is 10.7. The first kappa shape index (κ1) is 21.8. The fraction of sp³-hybridized carbons (Fsp3) is 0.417. The van der Waals surface area contributed by atoms with Crippen LogP contribution in [0.1, 0.15) is 46.8 Å². The molecule has 1 fully saturated rings. The molecule has 3 N–H and O–H groups in total. The minimum Gasteiger partial charge on any atom is -0.376 e. The lowest BCUT2D eigenvalue weighted by Gasteiger charge is -2.12. The second kappa shape index (κ2) is 11.4. The van der Waals surface area contributed by atoms with Gasteiger partial charge < -0.3 is 20.7 Å². The molecule has 6 nitrogen and oxygen atoms in total. The number of nitrogens with zero attached hydrogens (tertiary/aromatic N) is 1. The molecule has 1 saturated heterocycles. The van der Waals surface area contributed by atoms with E-state index in [1.807, 2.05) is 31.2 Å². The van der Waals surface area contributed by atoms with E-state index in [1.54, 1.807) is 0 Å². The fourth-order valence-electron chi connectivity index (χ4n) is 3.33. The van der Waals surface area contributed by atoms with Crippen molar-refractivity contribution < 1.29 is 9.53 Å². The summed E-state index contributed by atoms with van der Waals surface area (Å²) in [5.74, 6) is 0.687. The number of carbonyl (C=O) groups is 1. The predicted octanol–water partition coefficient (Wildman–Crippen LogP) is 3.16. The molecule has 1 heterocycles. The Balaban J connectivity index is 1.55. The highest BCUT2D eigenvalue weighted by Crippen LogP contribution is 2.11. The van der Waals surface area contributed by atoms with Crippen LogP contribution < -0.4 is 16.0 Å². The molecule has 1 aliphatic heterocycles. The van der Waals surface area contributed by atoms with Crippen LogP contribution in [0, 0.1) is 6.92 Å². The van der Waals surface area contributed by atoms with Crippen LogP contribution in [-0.2, 0) is 17.8 Å². The summed E-state index contributed by atoms with van der Waals surface area (Å²) in [5.41, 5.74) is 4.10. The molecule has 1 unspecified atom stereocenters. The van der Waals surface area contributed by atoms with Crippen molar-refractivity contribution in [2.24, 2.45) is 4.99 Å². The second-order valence-corrected chi connectivity index (χ2v) is 7.58. The first-order valence-electron chi connectivity index (χ1n) is 10.7. The minimum absolute atomic E-state index is 0.0688. The van der Waals surface area contributed by atoms with Gasteiger partial charge in [0.1, 0.15) is 0 Å². The third-order valence-corrected chi connectivity index (χ3v) is 5.05. The van der Waals surface area contributed by atoms with E-state index in [9.17, 15) is 4.79 Å². The number of nitrogens with one attached hydrogen (secondary N) is 3. The molecule has 2 aromatic rings. The molecule has 30 heavy (non-hydrogen) atoms. The van der Waals surface area contributed by atoms with Gasteiger partial charge in [0, 0.05) is 31.8 Å². The van der Waals surface area contributed by atoms with Crippen LogP contribution in [0.25, 0.3) is 0 Å². The number of benzene rings is 2. The van der Waals surface area contributed by atoms with E-state index in [0.29, 0.717) is 25.2 Å². The van der Waals surface area contributed by atoms with Gasteiger partial charge in [0.05, 0.1) is 12.6 Å². The molecule has 160 valence electrons. The standard InChI is InChI=1S/C24H32N4O2/c1-3-25-24(27-15-19-11-9-18(2)10-12-19)28-16-20-6-4-7-21(14-20)23(29)26-17-22-8-5-13-30-22/h4,6-7,9-12,14,22H,3,5,8,13,15-17H2,1-2H3,(H,26,29)(H2,25,27,28). The molecule has 0 aliphatic carbocycles. The Labute approximate surface area is 179 Å². The Kier molecular flexibility index (Phi) is 8.27. The van der Waals surface area contributed by atoms with Gasteiger partial charge in [-0.25, -0.2) is 4.99 Å². The van der Waals surface area contributed by atoms with E-state index in [0.717, 1.165) is 37.5 Å². The Morgan fingerprint density at radius 3 is 2.67 bits per heavy atom. The number of amides is 1. The number of aryl methyl sites for hydroxylation is 1. The van der Waals surface area contributed by atoms with Crippen LogP contribution in [0.4, 0.5) is 0 Å². The van der Waals surface area contributed by atoms with Crippen molar-refractivity contribution in [3.8, 4) is 0 Å². The second-order valence-electron chi connectivity index (χ2n) is 7.58. The number of aliphatic imine (C=N–C) groups is 1. The average Bonchev–Trinajstić information content (AvgIpc) is 3.29. The molecule has 0 spiro atoms. The molecule has 0 bridgehead atoms. The highest BCUT2D eigenvalue weighted by atomic mass is 16.5. The van der Waals surface area contributed by atoms with E-state index >= 15 is 0 Å². The van der Waals surface area contributed by atoms with Crippen LogP contribution in [0.5, 0.6) is 0 Å². The third kappa shape index (κ3) is 6.88. The molecule has 1 aliphatic rings. The first-order chi connectivity index (χ1) is 14.6. The van der Waals surface area contributed by atoms with Crippen LogP contribution in [0.2, 0.25) is 0 Å². The van der Waals surface area contributed by atoms with Gasteiger partial charge in [-0.3, -0.25) is 4.79 Å². The van der Waals surface area contributed by atoms with Gasteiger partial charge in [-0.2, -0.15) is 0 Å². The van der Waals surface area contributed by atoms with E-state index < -0.39 is 0 Å². The fourth-order valence-corrected chi connectivity index (χ4v) is 3.33. The van der Waals surface area contributed by atoms with Gasteiger partial charge in [-0.05, 0) is 49.9 Å². The summed E-state index contributed by atoms with van der Waals surface area (Å²) in [6, 6.07) is 16.1. The maximum atomic E-state index is 12.5. The lowest BCUT2D eigenvalue weighted by atomic mass is 10.1. The third-order valence-electron chi connectivity index (χ3n) is 5.05. The zero-order valence-electron chi connectivity index (χ0n) is 17.9. The van der Waals surface area contributed by atoms with Gasteiger partial charge in [-0.15, -0.1) is 0 Å². The summed E-state index contributed by atoms with van der Waals surface area (Å²) in [4.78, 5) is 17.1. The molecule has 3 rings (SSSR count). The number of hydrogen-bond donors (Lipinski definition) is 3. The van der Waals surface area contributed by atoms with E-state index in [-0.39, 0.29) is 12.0 Å². The zero-order valence-corrected chi connectivity index (χ0v) is 17.9. The lowest BCUT2D eigenvalue weighted by Crippen LogP contribution is -2.36. The Hall–Kier alpha value is -2.86. The van der Waals surface area contributed by atoms with Crippen LogP contribution in [0.3, 0.4) is 0 Å². The van der Waals surface area contributed by atoms with Crippen LogP contribution in [-0.4, -0.2) is 37.7 Å². The summed E-state index contributed by atoms with van der Waals surface area (Å²) in [7, 11) is 0. The van der Waals surface area contributed by atoms with Crippen LogP contribution >= 0.6 is 0 Å². The Morgan fingerprint density at radius 2 is 1.93 bits per heavy atom. The molecule has 2 aromatic carbocycles. The topological polar surface area (TPSA) is 74.8 Å². The molecule has 0 saturated carbocycles.